The summed E-state index contributed by atoms with van der Waals surface area (Å²) in [6, 6.07) is 7.23. The quantitative estimate of drug-likeness (QED) is 0.719. The van der Waals surface area contributed by atoms with Crippen molar-refractivity contribution in [2.24, 2.45) is 0 Å². The molecule has 1 aromatic carbocycles. The molecule has 0 aliphatic carbocycles. The first-order chi connectivity index (χ1) is 13.5. The maximum atomic E-state index is 13.2. The molecule has 146 valence electrons. The molecule has 1 saturated heterocycles. The first kappa shape index (κ1) is 18.7. The second-order valence-corrected chi connectivity index (χ2v) is 7.58. The Morgan fingerprint density at radius 2 is 2.00 bits per heavy atom. The molecule has 9 heteroatoms. The largest absolute Gasteiger partial charge is 0.356 e. The lowest BCUT2D eigenvalue weighted by Gasteiger charge is -2.33. The van der Waals surface area contributed by atoms with Crippen molar-refractivity contribution in [1.82, 2.24) is 20.3 Å². The van der Waals surface area contributed by atoms with E-state index >= 15 is 0 Å². The Hall–Kier alpha value is -2.68. The maximum absolute atomic E-state index is 13.2. The number of nitrogens with one attached hydrogen (secondary N) is 1. The Balaban J connectivity index is 1.49. The van der Waals surface area contributed by atoms with Crippen LogP contribution in [0.2, 0.25) is 0 Å². The van der Waals surface area contributed by atoms with Gasteiger partial charge in [-0.2, -0.15) is 0 Å². The molecule has 0 bridgehead atoms. The zero-order valence-electron chi connectivity index (χ0n) is 15.2. The number of rotatable bonds is 4. The third-order valence-electron chi connectivity index (χ3n) is 4.88. The smallest absolute Gasteiger partial charge is 0.297 e. The number of fused-ring (bicyclic) bond motifs is 1. The standard InChI is InChI=1S/C19H19F2N5OS/c1-11-15(28-10-22-11)19(27)23-12-6-8-26(9-7-12)18-13-4-2-3-5-14(13)24-17(25-18)16(20)21/h2-5,10,12,16H,6-9H2,1H3,(H,23,27). The Morgan fingerprint density at radius 1 is 1.25 bits per heavy atom. The summed E-state index contributed by atoms with van der Waals surface area (Å²) in [5.74, 6) is -0.0281. The number of nitrogens with zero attached hydrogens (tertiary/aromatic N) is 4. The second-order valence-electron chi connectivity index (χ2n) is 6.72. The molecule has 1 fully saturated rings. The van der Waals surface area contributed by atoms with Gasteiger partial charge in [-0.05, 0) is 31.9 Å². The average molecular weight is 403 g/mol. The number of anilines is 1. The van der Waals surface area contributed by atoms with Gasteiger partial charge in [0.2, 0.25) is 0 Å². The number of halogens is 2. The summed E-state index contributed by atoms with van der Waals surface area (Å²) in [6.07, 6.45) is -1.29. The van der Waals surface area contributed by atoms with Crippen LogP contribution in [-0.2, 0) is 0 Å². The molecule has 1 N–H and O–H groups in total. The van der Waals surface area contributed by atoms with E-state index in [1.807, 2.05) is 24.0 Å². The molecular weight excluding hydrogens is 384 g/mol. The van der Waals surface area contributed by atoms with Gasteiger partial charge in [-0.15, -0.1) is 11.3 Å². The van der Waals surface area contributed by atoms with Crippen LogP contribution in [0.25, 0.3) is 10.9 Å². The topological polar surface area (TPSA) is 71.0 Å². The lowest BCUT2D eigenvalue weighted by Crippen LogP contribution is -2.45. The summed E-state index contributed by atoms with van der Waals surface area (Å²) in [4.78, 5) is 27.2. The molecule has 3 heterocycles. The fraction of sp³-hybridized carbons (Fsp3) is 0.368. The highest BCUT2D eigenvalue weighted by Gasteiger charge is 2.25. The first-order valence-electron chi connectivity index (χ1n) is 9.03. The monoisotopic (exact) mass is 403 g/mol. The molecule has 0 atom stereocenters. The third-order valence-corrected chi connectivity index (χ3v) is 5.80. The van der Waals surface area contributed by atoms with Crippen molar-refractivity contribution in [2.45, 2.75) is 32.2 Å². The van der Waals surface area contributed by atoms with E-state index in [-0.39, 0.29) is 11.9 Å². The van der Waals surface area contributed by atoms with Gasteiger partial charge in [0.25, 0.3) is 12.3 Å². The summed E-state index contributed by atoms with van der Waals surface area (Å²) in [6.45, 7) is 3.06. The van der Waals surface area contributed by atoms with Crippen LogP contribution in [0, 0.1) is 6.92 Å². The molecule has 4 rings (SSSR count). The molecule has 0 radical (unpaired) electrons. The van der Waals surface area contributed by atoms with Gasteiger partial charge in [0.05, 0.1) is 16.7 Å². The Morgan fingerprint density at radius 3 is 2.68 bits per heavy atom. The zero-order chi connectivity index (χ0) is 19.7. The maximum Gasteiger partial charge on any atom is 0.297 e. The number of piperidine rings is 1. The number of carbonyl (C=O) groups is 1. The fourth-order valence-corrected chi connectivity index (χ4v) is 4.13. The Bertz CT molecular complexity index is 1000. The minimum absolute atomic E-state index is 0.0351. The van der Waals surface area contributed by atoms with Gasteiger partial charge < -0.3 is 10.2 Å². The number of aryl methyl sites for hydroxylation is 1. The summed E-state index contributed by atoms with van der Waals surface area (Å²) >= 11 is 1.33. The number of aromatic nitrogens is 3. The van der Waals surface area contributed by atoms with Crippen molar-refractivity contribution in [1.29, 1.82) is 0 Å². The van der Waals surface area contributed by atoms with Crippen LogP contribution in [0.1, 0.15) is 40.5 Å². The molecule has 28 heavy (non-hydrogen) atoms. The number of thiazole rings is 1. The third kappa shape index (κ3) is 3.66. The van der Waals surface area contributed by atoms with Crippen molar-refractivity contribution in [3.05, 3.63) is 46.2 Å². The van der Waals surface area contributed by atoms with Crippen LogP contribution in [-0.4, -0.2) is 40.0 Å². The summed E-state index contributed by atoms with van der Waals surface area (Å²) in [7, 11) is 0. The van der Waals surface area contributed by atoms with Crippen LogP contribution >= 0.6 is 11.3 Å². The van der Waals surface area contributed by atoms with Gasteiger partial charge in [-0.3, -0.25) is 4.79 Å². The minimum atomic E-state index is -2.72. The first-order valence-corrected chi connectivity index (χ1v) is 9.91. The van der Waals surface area contributed by atoms with Crippen molar-refractivity contribution in [3.8, 4) is 0 Å². The molecule has 1 aliphatic heterocycles. The normalized spacial score (nSPS) is 15.4. The van der Waals surface area contributed by atoms with Gasteiger partial charge >= 0.3 is 0 Å². The van der Waals surface area contributed by atoms with E-state index in [0.29, 0.717) is 42.1 Å². The van der Waals surface area contributed by atoms with E-state index < -0.39 is 12.2 Å². The Labute approximate surface area is 164 Å². The van der Waals surface area contributed by atoms with Crippen LogP contribution < -0.4 is 10.2 Å². The summed E-state index contributed by atoms with van der Waals surface area (Å²) in [5, 5.41) is 3.81. The van der Waals surface area contributed by atoms with Gasteiger partial charge in [0.15, 0.2) is 5.82 Å². The molecular formula is C19H19F2N5OS. The van der Waals surface area contributed by atoms with E-state index in [0.717, 1.165) is 11.1 Å². The van der Waals surface area contributed by atoms with E-state index in [1.54, 1.807) is 17.6 Å². The number of hydrogen-bond acceptors (Lipinski definition) is 6. The highest BCUT2D eigenvalue weighted by atomic mass is 32.1. The molecule has 0 spiro atoms. The average Bonchev–Trinajstić information content (AvgIpc) is 3.14. The van der Waals surface area contributed by atoms with E-state index in [2.05, 4.69) is 20.3 Å². The minimum Gasteiger partial charge on any atom is -0.356 e. The zero-order valence-corrected chi connectivity index (χ0v) is 16.0. The van der Waals surface area contributed by atoms with E-state index in [9.17, 15) is 13.6 Å². The van der Waals surface area contributed by atoms with E-state index in [1.165, 1.54) is 11.3 Å². The van der Waals surface area contributed by atoms with Gasteiger partial charge in [-0.25, -0.2) is 23.7 Å². The molecule has 2 aromatic heterocycles. The number of carbonyl (C=O) groups excluding carboxylic acids is 1. The van der Waals surface area contributed by atoms with Gasteiger partial charge in [0.1, 0.15) is 10.7 Å². The molecule has 1 aliphatic rings. The second kappa shape index (κ2) is 7.75. The molecule has 0 saturated carbocycles. The van der Waals surface area contributed by atoms with Crippen molar-refractivity contribution in [2.75, 3.05) is 18.0 Å². The number of amides is 1. The highest BCUT2D eigenvalue weighted by Crippen LogP contribution is 2.29. The van der Waals surface area contributed by atoms with Crippen LogP contribution in [0.4, 0.5) is 14.6 Å². The highest BCUT2D eigenvalue weighted by molar-refractivity contribution is 7.11. The van der Waals surface area contributed by atoms with Crippen LogP contribution in [0.3, 0.4) is 0 Å². The fourth-order valence-electron chi connectivity index (χ4n) is 3.42. The molecule has 3 aromatic rings. The summed E-state index contributed by atoms with van der Waals surface area (Å²) < 4.78 is 26.4. The molecule has 1 amide bonds. The molecule has 6 nitrogen and oxygen atoms in total. The predicted molar refractivity (Wildman–Crippen MR) is 104 cm³/mol. The van der Waals surface area contributed by atoms with Crippen LogP contribution in [0.5, 0.6) is 0 Å². The predicted octanol–water partition coefficient (Wildman–Crippen LogP) is 3.73. The molecule has 0 unspecified atom stereocenters. The number of benzene rings is 1. The lowest BCUT2D eigenvalue weighted by molar-refractivity contribution is 0.0934. The number of para-hydroxylation sites is 1. The Kier molecular flexibility index (Phi) is 5.17. The van der Waals surface area contributed by atoms with Crippen LogP contribution in [0.15, 0.2) is 29.8 Å². The number of hydrogen-bond donors (Lipinski definition) is 1. The van der Waals surface area contributed by atoms with Gasteiger partial charge in [-0.1, -0.05) is 12.1 Å². The van der Waals surface area contributed by atoms with Crippen molar-refractivity contribution >= 4 is 34.0 Å². The number of alkyl halides is 2. The van der Waals surface area contributed by atoms with E-state index in [4.69, 9.17) is 0 Å². The van der Waals surface area contributed by atoms with Gasteiger partial charge in [0, 0.05) is 24.5 Å². The van der Waals surface area contributed by atoms with Crippen molar-refractivity contribution < 1.29 is 13.6 Å². The lowest BCUT2D eigenvalue weighted by atomic mass is 10.0. The van der Waals surface area contributed by atoms with Crippen molar-refractivity contribution in [3.63, 3.8) is 0 Å². The SMILES string of the molecule is Cc1ncsc1C(=O)NC1CCN(c2nc(C(F)F)nc3ccccc23)CC1. The summed E-state index contributed by atoms with van der Waals surface area (Å²) in [5.41, 5.74) is 2.90.